The number of rotatable bonds is 3. The topological polar surface area (TPSA) is 75.2 Å². The van der Waals surface area contributed by atoms with Gasteiger partial charge in [0.2, 0.25) is 0 Å². The Morgan fingerprint density at radius 1 is 1.16 bits per heavy atom. The van der Waals surface area contributed by atoms with E-state index in [1.807, 2.05) is 4.90 Å². The van der Waals surface area contributed by atoms with Crippen molar-refractivity contribution in [3.8, 4) is 11.1 Å². The van der Waals surface area contributed by atoms with Crippen molar-refractivity contribution in [2.75, 3.05) is 24.2 Å². The van der Waals surface area contributed by atoms with Gasteiger partial charge in [-0.25, -0.2) is 17.2 Å². The van der Waals surface area contributed by atoms with Crippen molar-refractivity contribution >= 4 is 26.4 Å². The fourth-order valence-electron chi connectivity index (χ4n) is 4.70. The lowest BCUT2D eigenvalue weighted by Crippen LogP contribution is -2.36. The predicted molar refractivity (Wildman–Crippen MR) is 116 cm³/mol. The Bertz CT molecular complexity index is 1470. The molecule has 1 saturated heterocycles. The molecule has 1 saturated carbocycles. The summed E-state index contributed by atoms with van der Waals surface area (Å²) in [6, 6.07) is 6.16. The van der Waals surface area contributed by atoms with Crippen LogP contribution in [0.2, 0.25) is 0 Å². The van der Waals surface area contributed by atoms with Crippen molar-refractivity contribution in [2.45, 2.75) is 30.1 Å². The predicted octanol–water partition coefficient (Wildman–Crippen LogP) is 3.56. The summed E-state index contributed by atoms with van der Waals surface area (Å²) in [6.45, 7) is -2.04. The monoisotopic (exact) mass is 450 g/mol. The zero-order valence-corrected chi connectivity index (χ0v) is 17.6. The molecular weight excluding hydrogens is 424 g/mol. The molecule has 0 bridgehead atoms. The summed E-state index contributed by atoms with van der Waals surface area (Å²) in [4.78, 5) is 17.5. The number of hydrogen-bond acceptors (Lipinski definition) is 4. The number of benzene rings is 1. The molecule has 2 fully saturated rings. The number of pyridine rings is 1. The number of nitrogens with one attached hydrogen (secondary N) is 1. The molecule has 0 amide bonds. The highest BCUT2D eigenvalue weighted by molar-refractivity contribution is 7.90. The van der Waals surface area contributed by atoms with E-state index in [9.17, 15) is 22.0 Å². The number of aromatic amines is 1. The number of H-pyrrole nitrogens is 1. The number of aromatic nitrogens is 2. The first kappa shape index (κ1) is 16.9. The number of piperidine rings is 1. The van der Waals surface area contributed by atoms with Crippen LogP contribution in [-0.2, 0) is 16.8 Å². The Morgan fingerprint density at radius 2 is 1.87 bits per heavy atom. The van der Waals surface area contributed by atoms with Crippen LogP contribution >= 0.6 is 0 Å². The first-order chi connectivity index (χ1) is 15.7. The quantitative estimate of drug-likeness (QED) is 0.662. The van der Waals surface area contributed by atoms with Gasteiger partial charge in [-0.15, -0.1) is 0 Å². The van der Waals surface area contributed by atoms with Crippen LogP contribution in [0.1, 0.15) is 23.4 Å². The molecule has 6 nitrogen and oxygen atoms in total. The lowest BCUT2D eigenvalue weighted by atomic mass is 9.91. The van der Waals surface area contributed by atoms with Crippen LogP contribution < -0.4 is 10.5 Å². The first-order valence-corrected chi connectivity index (χ1v) is 11.8. The first-order valence-electron chi connectivity index (χ1n) is 11.4. The highest BCUT2D eigenvalue weighted by Gasteiger charge is 2.70. The van der Waals surface area contributed by atoms with Crippen molar-refractivity contribution in [1.29, 1.82) is 0 Å². The molecule has 1 N–H and O–H groups in total. The smallest absolute Gasteiger partial charge is 0.274 e. The maximum absolute atomic E-state index is 13.9. The number of alkyl halides is 2. The molecule has 0 unspecified atom stereocenters. The standard InChI is InChI=1S/C22H23F2N3O3S/c1-26-12-17(15-5-8-25-19(15)20(26)28)16-11-14(31(2,29)30)3-4-18(16)27-9-6-21(7-10-27)13-22(21,23)24/h3-5,8,11-12,25H,6-7,9-10,13H2,1-2H3/i1D3. The fraction of sp³-hybridized carbons (Fsp3) is 0.409. The second kappa shape index (κ2) is 6.41. The third-order valence-electron chi connectivity index (χ3n) is 6.69. The second-order valence-corrected chi connectivity index (χ2v) is 10.6. The van der Waals surface area contributed by atoms with E-state index in [0.29, 0.717) is 52.7 Å². The molecule has 0 atom stereocenters. The number of aryl methyl sites for hydroxylation is 1. The Balaban J connectivity index is 1.70. The fourth-order valence-corrected chi connectivity index (χ4v) is 5.35. The normalized spacial score (nSPS) is 21.6. The van der Waals surface area contributed by atoms with Gasteiger partial charge in [-0.3, -0.25) is 4.79 Å². The highest BCUT2D eigenvalue weighted by atomic mass is 32.2. The van der Waals surface area contributed by atoms with Crippen LogP contribution in [0.15, 0.2) is 46.3 Å². The molecule has 1 aromatic carbocycles. The van der Waals surface area contributed by atoms with E-state index >= 15 is 0 Å². The lowest BCUT2D eigenvalue weighted by Gasteiger charge is -2.35. The van der Waals surface area contributed by atoms with Crippen molar-refractivity contribution < 1.29 is 21.3 Å². The minimum atomic E-state index is -3.60. The van der Waals surface area contributed by atoms with Gasteiger partial charge in [0.05, 0.1) is 4.90 Å². The second-order valence-electron chi connectivity index (χ2n) is 8.58. The van der Waals surface area contributed by atoms with E-state index in [1.54, 1.807) is 12.1 Å². The molecule has 0 radical (unpaired) electrons. The summed E-state index contributed by atoms with van der Waals surface area (Å²) < 4.78 is 76.4. The van der Waals surface area contributed by atoms with Gasteiger partial charge in [0, 0.05) is 76.9 Å². The molecule has 2 aliphatic rings. The minimum Gasteiger partial charge on any atom is -0.371 e. The molecule has 31 heavy (non-hydrogen) atoms. The van der Waals surface area contributed by atoms with Gasteiger partial charge in [0.15, 0.2) is 9.84 Å². The number of halogens is 2. The molecule has 5 rings (SSSR count). The third kappa shape index (κ3) is 3.09. The summed E-state index contributed by atoms with van der Waals surface area (Å²) in [5, 5.41) is 0.444. The van der Waals surface area contributed by atoms with E-state index in [-0.39, 0.29) is 16.8 Å². The van der Waals surface area contributed by atoms with Gasteiger partial charge in [0.1, 0.15) is 5.52 Å². The van der Waals surface area contributed by atoms with Crippen LogP contribution in [0.25, 0.3) is 22.0 Å². The maximum Gasteiger partial charge on any atom is 0.274 e. The minimum absolute atomic E-state index is 0.0313. The Hall–Kier alpha value is -2.68. The van der Waals surface area contributed by atoms with E-state index < -0.39 is 33.7 Å². The van der Waals surface area contributed by atoms with Crippen LogP contribution in [0.4, 0.5) is 14.5 Å². The van der Waals surface area contributed by atoms with Crippen molar-refractivity contribution in [2.24, 2.45) is 12.4 Å². The summed E-state index contributed by atoms with van der Waals surface area (Å²) in [5.41, 5.74) is -0.211. The van der Waals surface area contributed by atoms with Crippen LogP contribution in [-0.4, -0.2) is 43.2 Å². The number of anilines is 1. The zero-order valence-electron chi connectivity index (χ0n) is 19.8. The Kier molecular flexibility index (Phi) is 3.51. The van der Waals surface area contributed by atoms with Gasteiger partial charge in [-0.1, -0.05) is 0 Å². The number of hydrogen-bond donors (Lipinski definition) is 1. The number of fused-ring (bicyclic) bond motifs is 1. The molecule has 2 aromatic heterocycles. The summed E-state index contributed by atoms with van der Waals surface area (Å²) >= 11 is 0. The molecule has 1 aliphatic carbocycles. The summed E-state index contributed by atoms with van der Waals surface area (Å²) in [7, 11) is -3.60. The number of nitrogens with zero attached hydrogens (tertiary/aromatic N) is 2. The largest absolute Gasteiger partial charge is 0.371 e. The van der Waals surface area contributed by atoms with Crippen molar-refractivity contribution in [3.05, 3.63) is 47.0 Å². The van der Waals surface area contributed by atoms with Gasteiger partial charge >= 0.3 is 0 Å². The van der Waals surface area contributed by atoms with Crippen molar-refractivity contribution in [1.82, 2.24) is 9.55 Å². The maximum atomic E-state index is 13.9. The van der Waals surface area contributed by atoms with E-state index in [0.717, 1.165) is 6.26 Å². The molecule has 3 aromatic rings. The van der Waals surface area contributed by atoms with E-state index in [2.05, 4.69) is 4.98 Å². The molecule has 1 aliphatic heterocycles. The van der Waals surface area contributed by atoms with E-state index in [4.69, 9.17) is 4.11 Å². The van der Waals surface area contributed by atoms with Crippen molar-refractivity contribution in [3.63, 3.8) is 0 Å². The Morgan fingerprint density at radius 3 is 2.48 bits per heavy atom. The third-order valence-corrected chi connectivity index (χ3v) is 7.80. The van der Waals surface area contributed by atoms with Crippen LogP contribution in [0.5, 0.6) is 0 Å². The molecule has 9 heteroatoms. The number of sulfone groups is 1. The zero-order chi connectivity index (χ0) is 24.7. The van der Waals surface area contributed by atoms with Gasteiger partial charge < -0.3 is 14.5 Å². The van der Waals surface area contributed by atoms with Crippen LogP contribution in [0.3, 0.4) is 0 Å². The highest BCUT2D eigenvalue weighted by Crippen LogP contribution is 2.66. The van der Waals surface area contributed by atoms with Gasteiger partial charge in [-0.2, -0.15) is 0 Å². The summed E-state index contributed by atoms with van der Waals surface area (Å²) in [5.74, 6) is -2.64. The average Bonchev–Trinajstić information content (AvgIpc) is 3.07. The van der Waals surface area contributed by atoms with Crippen LogP contribution in [0, 0.1) is 5.41 Å². The lowest BCUT2D eigenvalue weighted by molar-refractivity contribution is 0.0537. The average molecular weight is 451 g/mol. The molecule has 164 valence electrons. The summed E-state index contributed by atoms with van der Waals surface area (Å²) in [6.07, 6.45) is 4.31. The molecule has 1 spiro atoms. The SMILES string of the molecule is [2H]C([2H])([2H])n1cc(-c2cc(S(C)(=O)=O)ccc2N2CCC3(CC2)CC3(F)F)c2cc[nH]c2c1=O. The molecular formula is C22H23F2N3O3S. The Labute approximate surface area is 182 Å². The van der Waals surface area contributed by atoms with Gasteiger partial charge in [0.25, 0.3) is 11.5 Å². The van der Waals surface area contributed by atoms with E-state index in [1.165, 1.54) is 24.5 Å². The van der Waals surface area contributed by atoms with Gasteiger partial charge in [-0.05, 0) is 37.1 Å². The molecule has 3 heterocycles.